The molecule has 0 bridgehead atoms. The molecule has 0 saturated carbocycles. The molecule has 0 saturated heterocycles. The minimum absolute atomic E-state index is 0.101. The normalized spacial score (nSPS) is 10.5. The van der Waals surface area contributed by atoms with Gasteiger partial charge >= 0.3 is 0 Å². The van der Waals surface area contributed by atoms with Crippen molar-refractivity contribution in [2.24, 2.45) is 0 Å². The second kappa shape index (κ2) is 6.69. The van der Waals surface area contributed by atoms with Crippen molar-refractivity contribution in [1.82, 2.24) is 0 Å². The molecule has 0 unspecified atom stereocenters. The lowest BCUT2D eigenvalue weighted by Gasteiger charge is -2.11. The first-order valence-corrected chi connectivity index (χ1v) is 7.84. The zero-order valence-corrected chi connectivity index (χ0v) is 13.9. The molecule has 2 aromatic carbocycles. The predicted molar refractivity (Wildman–Crippen MR) is 95.0 cm³/mol. The molecule has 0 aliphatic rings. The maximum absolute atomic E-state index is 12.9. The van der Waals surface area contributed by atoms with Crippen molar-refractivity contribution in [2.45, 2.75) is 13.8 Å². The summed E-state index contributed by atoms with van der Waals surface area (Å²) in [6.07, 6.45) is 0. The Bertz CT molecular complexity index is 999. The van der Waals surface area contributed by atoms with Gasteiger partial charge in [-0.2, -0.15) is 0 Å². The first-order valence-electron chi connectivity index (χ1n) is 7.84. The summed E-state index contributed by atoms with van der Waals surface area (Å²) in [6.45, 7) is 2.86. The number of ketones is 2. The van der Waals surface area contributed by atoms with Crippen molar-refractivity contribution < 1.29 is 14.0 Å². The topological polar surface area (TPSA) is 64.3 Å². The molecule has 25 heavy (non-hydrogen) atoms. The second-order valence-electron chi connectivity index (χ2n) is 5.68. The molecular formula is C21H16O4. The minimum atomic E-state index is -0.594. The van der Waals surface area contributed by atoms with Gasteiger partial charge in [0.15, 0.2) is 11.6 Å². The van der Waals surface area contributed by atoms with Crippen LogP contribution in [-0.2, 0) is 0 Å². The Balaban J connectivity index is 2.27. The summed E-state index contributed by atoms with van der Waals surface area (Å²) in [7, 11) is 0. The van der Waals surface area contributed by atoms with Gasteiger partial charge in [0, 0.05) is 11.1 Å². The number of carbonyl (C=O) groups is 2. The standard InChI is InChI=1S/C21H16O4/c1-13(22)17-20(24)18(19(23)15-9-5-3-6-10-15)14(2)25-21(17)16-11-7-4-8-12-16/h3-12H,1-2H3. The molecule has 0 atom stereocenters. The van der Waals surface area contributed by atoms with Crippen LogP contribution in [0.1, 0.15) is 39.0 Å². The highest BCUT2D eigenvalue weighted by molar-refractivity contribution is 6.11. The number of benzene rings is 2. The fraction of sp³-hybridized carbons (Fsp3) is 0.0952. The van der Waals surface area contributed by atoms with Gasteiger partial charge in [-0.1, -0.05) is 60.7 Å². The average molecular weight is 332 g/mol. The largest absolute Gasteiger partial charge is 0.460 e. The van der Waals surface area contributed by atoms with Crippen molar-refractivity contribution in [3.63, 3.8) is 0 Å². The molecule has 4 nitrogen and oxygen atoms in total. The monoisotopic (exact) mass is 332 g/mol. The van der Waals surface area contributed by atoms with Crippen molar-refractivity contribution in [3.05, 3.63) is 93.3 Å². The van der Waals surface area contributed by atoms with E-state index in [0.29, 0.717) is 11.1 Å². The van der Waals surface area contributed by atoms with Gasteiger partial charge < -0.3 is 4.42 Å². The zero-order valence-electron chi connectivity index (χ0n) is 13.9. The van der Waals surface area contributed by atoms with E-state index in [1.807, 2.05) is 6.07 Å². The van der Waals surface area contributed by atoms with Gasteiger partial charge in [-0.3, -0.25) is 14.4 Å². The molecule has 0 aliphatic carbocycles. The van der Waals surface area contributed by atoms with Crippen LogP contribution in [0.15, 0.2) is 69.9 Å². The summed E-state index contributed by atoms with van der Waals surface area (Å²) in [5, 5.41) is 0. The van der Waals surface area contributed by atoms with Gasteiger partial charge in [0.25, 0.3) is 0 Å². The Hall–Kier alpha value is -3.27. The molecule has 0 spiro atoms. The van der Waals surface area contributed by atoms with Gasteiger partial charge in [-0.15, -0.1) is 0 Å². The third-order valence-electron chi connectivity index (χ3n) is 3.94. The second-order valence-corrected chi connectivity index (χ2v) is 5.68. The summed E-state index contributed by atoms with van der Waals surface area (Å²) in [4.78, 5) is 37.8. The molecule has 0 aliphatic heterocycles. The molecule has 3 aromatic rings. The molecule has 0 radical (unpaired) electrons. The van der Waals surface area contributed by atoms with E-state index in [2.05, 4.69) is 0 Å². The van der Waals surface area contributed by atoms with E-state index >= 15 is 0 Å². The number of aryl methyl sites for hydroxylation is 1. The van der Waals surface area contributed by atoms with Crippen molar-refractivity contribution in [2.75, 3.05) is 0 Å². The minimum Gasteiger partial charge on any atom is -0.460 e. The average Bonchev–Trinajstić information content (AvgIpc) is 2.62. The van der Waals surface area contributed by atoms with E-state index in [-0.39, 0.29) is 22.6 Å². The third kappa shape index (κ3) is 3.06. The highest BCUT2D eigenvalue weighted by Crippen LogP contribution is 2.25. The molecule has 4 heteroatoms. The highest BCUT2D eigenvalue weighted by Gasteiger charge is 2.25. The number of rotatable bonds is 4. The van der Waals surface area contributed by atoms with E-state index in [4.69, 9.17) is 4.42 Å². The van der Waals surface area contributed by atoms with Gasteiger partial charge in [0.1, 0.15) is 22.6 Å². The molecule has 0 fully saturated rings. The van der Waals surface area contributed by atoms with E-state index in [1.54, 1.807) is 61.5 Å². The molecule has 1 heterocycles. The van der Waals surface area contributed by atoms with E-state index in [1.165, 1.54) is 6.92 Å². The van der Waals surface area contributed by atoms with Crippen molar-refractivity contribution in [3.8, 4) is 11.3 Å². The van der Waals surface area contributed by atoms with E-state index in [0.717, 1.165) is 0 Å². The Kier molecular flexibility index (Phi) is 4.44. The smallest absolute Gasteiger partial charge is 0.207 e. The molecule has 0 amide bonds. The lowest BCUT2D eigenvalue weighted by atomic mass is 9.97. The van der Waals surface area contributed by atoms with Crippen LogP contribution in [0.25, 0.3) is 11.3 Å². The zero-order chi connectivity index (χ0) is 18.0. The van der Waals surface area contributed by atoms with Gasteiger partial charge in [0.2, 0.25) is 5.43 Å². The van der Waals surface area contributed by atoms with E-state index in [9.17, 15) is 14.4 Å². The van der Waals surface area contributed by atoms with Gasteiger partial charge in [-0.25, -0.2) is 0 Å². The van der Waals surface area contributed by atoms with Crippen LogP contribution in [0, 0.1) is 6.92 Å². The fourth-order valence-corrected chi connectivity index (χ4v) is 2.75. The quantitative estimate of drug-likeness (QED) is 0.676. The summed E-state index contributed by atoms with van der Waals surface area (Å²) >= 11 is 0. The summed E-state index contributed by atoms with van der Waals surface area (Å²) in [6, 6.07) is 17.4. The lowest BCUT2D eigenvalue weighted by Crippen LogP contribution is -2.24. The summed E-state index contributed by atoms with van der Waals surface area (Å²) in [5.41, 5.74) is 0.197. The summed E-state index contributed by atoms with van der Waals surface area (Å²) < 4.78 is 5.77. The SMILES string of the molecule is CC(=O)c1c(-c2ccccc2)oc(C)c(C(=O)c2ccccc2)c1=O. The Morgan fingerprint density at radius 1 is 0.840 bits per heavy atom. The molecule has 0 N–H and O–H groups in total. The fourth-order valence-electron chi connectivity index (χ4n) is 2.75. The van der Waals surface area contributed by atoms with Crippen LogP contribution in [0.4, 0.5) is 0 Å². The van der Waals surface area contributed by atoms with Gasteiger partial charge in [-0.05, 0) is 13.8 Å². The molecule has 124 valence electrons. The predicted octanol–water partition coefficient (Wildman–Crippen LogP) is 4.05. The number of carbonyl (C=O) groups excluding carboxylic acids is 2. The van der Waals surface area contributed by atoms with Crippen LogP contribution >= 0.6 is 0 Å². The highest BCUT2D eigenvalue weighted by atomic mass is 16.3. The van der Waals surface area contributed by atoms with Gasteiger partial charge in [0.05, 0.1) is 0 Å². The first kappa shape index (κ1) is 16.6. The van der Waals surface area contributed by atoms with Crippen LogP contribution in [0.3, 0.4) is 0 Å². The third-order valence-corrected chi connectivity index (χ3v) is 3.94. The van der Waals surface area contributed by atoms with Crippen LogP contribution in [0.5, 0.6) is 0 Å². The Morgan fingerprint density at radius 2 is 1.40 bits per heavy atom. The first-order chi connectivity index (χ1) is 12.0. The molecule has 3 rings (SSSR count). The van der Waals surface area contributed by atoms with Crippen molar-refractivity contribution >= 4 is 11.6 Å². The van der Waals surface area contributed by atoms with Crippen molar-refractivity contribution in [1.29, 1.82) is 0 Å². The van der Waals surface area contributed by atoms with Crippen LogP contribution in [0.2, 0.25) is 0 Å². The van der Waals surface area contributed by atoms with Crippen LogP contribution < -0.4 is 5.43 Å². The summed E-state index contributed by atoms with van der Waals surface area (Å²) in [5.74, 6) is -0.494. The molecular weight excluding hydrogens is 316 g/mol. The van der Waals surface area contributed by atoms with Crippen LogP contribution in [-0.4, -0.2) is 11.6 Å². The molecule has 1 aromatic heterocycles. The maximum Gasteiger partial charge on any atom is 0.207 e. The number of hydrogen-bond donors (Lipinski definition) is 0. The maximum atomic E-state index is 12.9. The Morgan fingerprint density at radius 3 is 1.96 bits per heavy atom. The Labute approximate surface area is 144 Å². The van der Waals surface area contributed by atoms with E-state index < -0.39 is 17.0 Å². The lowest BCUT2D eigenvalue weighted by molar-refractivity contribution is 0.101. The number of hydrogen-bond acceptors (Lipinski definition) is 4. The number of Topliss-reactive ketones (excluding diaryl/α,β-unsaturated/α-hetero) is 1.